The summed E-state index contributed by atoms with van der Waals surface area (Å²) >= 11 is 5.22. The molecule has 70 valence electrons. The van der Waals surface area contributed by atoms with E-state index in [0.29, 0.717) is 11.3 Å². The van der Waals surface area contributed by atoms with Crippen molar-refractivity contribution in [2.24, 2.45) is 0 Å². The molecule has 1 aromatic carbocycles. The van der Waals surface area contributed by atoms with Crippen molar-refractivity contribution >= 4 is 17.6 Å². The van der Waals surface area contributed by atoms with Crippen molar-refractivity contribution in [3.63, 3.8) is 0 Å². The van der Waals surface area contributed by atoms with Gasteiger partial charge in [0.2, 0.25) is 0 Å². The predicted molar refractivity (Wildman–Crippen MR) is 51.2 cm³/mol. The lowest BCUT2D eigenvalue weighted by Crippen LogP contribution is -2.14. The van der Waals surface area contributed by atoms with Crippen molar-refractivity contribution in [3.8, 4) is 5.75 Å². The second kappa shape index (κ2) is 4.84. The molecule has 0 amide bonds. The fourth-order valence-electron chi connectivity index (χ4n) is 0.959. The number of carbonyl (C=O) groups is 1. The molecule has 3 nitrogen and oxygen atoms in total. The number of ether oxygens (including phenoxy) is 1. The molecule has 0 heterocycles. The molecular formula is C9H10ClNO2. The summed E-state index contributed by atoms with van der Waals surface area (Å²) < 4.78 is 4.98. The second-order valence-corrected chi connectivity index (χ2v) is 2.73. The largest absolute Gasteiger partial charge is 0.497 e. The monoisotopic (exact) mass is 199 g/mol. The summed E-state index contributed by atoms with van der Waals surface area (Å²) in [6, 6.07) is 6.95. The third-order valence-electron chi connectivity index (χ3n) is 1.62. The zero-order valence-electron chi connectivity index (χ0n) is 7.21. The van der Waals surface area contributed by atoms with Crippen LogP contribution in [0.5, 0.6) is 5.75 Å². The smallest absolute Gasteiger partial charge is 0.178 e. The molecule has 0 fully saturated rings. The number of benzene rings is 1. The summed E-state index contributed by atoms with van der Waals surface area (Å²) in [7, 11) is 1.56. The van der Waals surface area contributed by atoms with Gasteiger partial charge in [0.25, 0.3) is 0 Å². The minimum Gasteiger partial charge on any atom is -0.497 e. The van der Waals surface area contributed by atoms with Crippen LogP contribution in [0.2, 0.25) is 0 Å². The highest BCUT2D eigenvalue weighted by atomic mass is 35.5. The van der Waals surface area contributed by atoms with Gasteiger partial charge in [0, 0.05) is 5.56 Å². The fraction of sp³-hybridized carbons (Fsp3) is 0.222. The van der Waals surface area contributed by atoms with Gasteiger partial charge in [-0.05, 0) is 23.9 Å². The van der Waals surface area contributed by atoms with E-state index >= 15 is 0 Å². The van der Waals surface area contributed by atoms with Crippen molar-refractivity contribution in [3.05, 3.63) is 29.8 Å². The fourth-order valence-corrected chi connectivity index (χ4v) is 1.08. The Labute approximate surface area is 81.8 Å². The highest BCUT2D eigenvalue weighted by Gasteiger charge is 2.04. The minimum absolute atomic E-state index is 0.0612. The van der Waals surface area contributed by atoms with E-state index in [1.165, 1.54) is 0 Å². The Hall–Kier alpha value is -1.06. The van der Waals surface area contributed by atoms with Gasteiger partial charge >= 0.3 is 0 Å². The molecular weight excluding hydrogens is 190 g/mol. The summed E-state index contributed by atoms with van der Waals surface area (Å²) in [5, 5.41) is 0. The van der Waals surface area contributed by atoms with Crippen LogP contribution < -0.4 is 9.57 Å². The maximum absolute atomic E-state index is 11.3. The lowest BCUT2D eigenvalue weighted by molar-refractivity contribution is 0.0997. The average Bonchev–Trinajstić information content (AvgIpc) is 2.18. The van der Waals surface area contributed by atoms with Crippen molar-refractivity contribution in [2.75, 3.05) is 13.7 Å². The van der Waals surface area contributed by atoms with Gasteiger partial charge in [0.1, 0.15) is 5.75 Å². The quantitative estimate of drug-likeness (QED) is 0.592. The summed E-state index contributed by atoms with van der Waals surface area (Å²) in [5.74, 6) is 0.606. The Morgan fingerprint density at radius 2 is 2.38 bits per heavy atom. The molecule has 0 aliphatic heterocycles. The molecule has 0 aliphatic rings. The van der Waals surface area contributed by atoms with E-state index in [0.717, 1.165) is 0 Å². The number of ketones is 1. The Balaban J connectivity index is 2.82. The van der Waals surface area contributed by atoms with Crippen LogP contribution in [0.1, 0.15) is 10.4 Å². The number of hydrogen-bond acceptors (Lipinski definition) is 3. The van der Waals surface area contributed by atoms with Gasteiger partial charge in [0.15, 0.2) is 5.78 Å². The number of Topliss-reactive ketones (excluding diaryl/α,β-unsaturated/α-hetero) is 1. The van der Waals surface area contributed by atoms with Gasteiger partial charge < -0.3 is 4.74 Å². The maximum Gasteiger partial charge on any atom is 0.178 e. The summed E-state index contributed by atoms with van der Waals surface area (Å²) in [6.45, 7) is 0.120. The summed E-state index contributed by atoms with van der Waals surface area (Å²) in [5.41, 5.74) is 0.590. The number of rotatable bonds is 4. The first-order valence-electron chi connectivity index (χ1n) is 3.78. The third-order valence-corrected chi connectivity index (χ3v) is 1.75. The van der Waals surface area contributed by atoms with E-state index in [1.54, 1.807) is 31.4 Å². The van der Waals surface area contributed by atoms with Gasteiger partial charge in [-0.15, -0.1) is 0 Å². The second-order valence-electron chi connectivity index (χ2n) is 2.47. The Kier molecular flexibility index (Phi) is 3.73. The minimum atomic E-state index is -0.0612. The van der Waals surface area contributed by atoms with Crippen LogP contribution in [0.15, 0.2) is 24.3 Å². The van der Waals surface area contributed by atoms with Crippen LogP contribution >= 0.6 is 11.8 Å². The van der Waals surface area contributed by atoms with Crippen molar-refractivity contribution in [2.45, 2.75) is 0 Å². The van der Waals surface area contributed by atoms with E-state index in [1.807, 2.05) is 0 Å². The number of carbonyl (C=O) groups excluding carboxylic acids is 1. The van der Waals surface area contributed by atoms with Crippen molar-refractivity contribution < 1.29 is 9.53 Å². The highest BCUT2D eigenvalue weighted by molar-refractivity contribution is 6.15. The van der Waals surface area contributed by atoms with Crippen LogP contribution in [0.4, 0.5) is 0 Å². The molecule has 0 radical (unpaired) electrons. The van der Waals surface area contributed by atoms with E-state index in [2.05, 4.69) is 4.84 Å². The zero-order valence-corrected chi connectivity index (χ0v) is 7.97. The third kappa shape index (κ3) is 2.72. The average molecular weight is 200 g/mol. The van der Waals surface area contributed by atoms with Crippen LogP contribution in [-0.4, -0.2) is 19.4 Å². The standard InChI is InChI=1S/C9H10ClNO2/c1-13-8-4-2-3-7(5-8)9(12)6-11-10/h2-5,11H,6H2,1H3. The molecule has 0 bridgehead atoms. The van der Waals surface area contributed by atoms with Crippen LogP contribution in [-0.2, 0) is 0 Å². The van der Waals surface area contributed by atoms with E-state index < -0.39 is 0 Å². The maximum atomic E-state index is 11.3. The van der Waals surface area contributed by atoms with E-state index in [4.69, 9.17) is 16.5 Å². The first-order chi connectivity index (χ1) is 6.27. The Morgan fingerprint density at radius 3 is 3.00 bits per heavy atom. The van der Waals surface area contributed by atoms with Gasteiger partial charge in [0.05, 0.1) is 13.7 Å². The summed E-state index contributed by atoms with van der Waals surface area (Å²) in [4.78, 5) is 13.6. The molecule has 1 rings (SSSR count). The molecule has 0 saturated heterocycles. The molecule has 4 heteroatoms. The van der Waals surface area contributed by atoms with Crippen LogP contribution in [0.3, 0.4) is 0 Å². The molecule has 0 spiro atoms. The zero-order chi connectivity index (χ0) is 9.68. The van der Waals surface area contributed by atoms with Crippen molar-refractivity contribution in [1.29, 1.82) is 0 Å². The topological polar surface area (TPSA) is 38.3 Å². The van der Waals surface area contributed by atoms with Gasteiger partial charge in [-0.3, -0.25) is 4.79 Å². The van der Waals surface area contributed by atoms with Gasteiger partial charge in [-0.2, -0.15) is 0 Å². The normalized spacial score (nSPS) is 9.69. The first kappa shape index (κ1) is 10.0. The lowest BCUT2D eigenvalue weighted by Gasteiger charge is -2.02. The molecule has 1 aromatic rings. The molecule has 0 atom stereocenters. The SMILES string of the molecule is COc1cccc(C(=O)CNCl)c1. The Bertz CT molecular complexity index is 301. The molecule has 1 N–H and O–H groups in total. The molecule has 13 heavy (non-hydrogen) atoms. The van der Waals surface area contributed by atoms with E-state index in [9.17, 15) is 4.79 Å². The van der Waals surface area contributed by atoms with Crippen molar-refractivity contribution in [1.82, 2.24) is 4.84 Å². The molecule has 0 aromatic heterocycles. The number of halogens is 1. The number of nitrogens with one attached hydrogen (secondary N) is 1. The molecule has 0 unspecified atom stereocenters. The van der Waals surface area contributed by atoms with E-state index in [-0.39, 0.29) is 12.3 Å². The number of hydrogen-bond donors (Lipinski definition) is 1. The molecule has 0 saturated carbocycles. The predicted octanol–water partition coefficient (Wildman–Crippen LogP) is 1.62. The van der Waals surface area contributed by atoms with Gasteiger partial charge in [-0.1, -0.05) is 12.1 Å². The first-order valence-corrected chi connectivity index (χ1v) is 4.16. The number of methoxy groups -OCH3 is 1. The Morgan fingerprint density at radius 1 is 1.62 bits per heavy atom. The van der Waals surface area contributed by atoms with Crippen LogP contribution in [0.25, 0.3) is 0 Å². The summed E-state index contributed by atoms with van der Waals surface area (Å²) in [6.07, 6.45) is 0. The lowest BCUT2D eigenvalue weighted by atomic mass is 10.1. The molecule has 0 aliphatic carbocycles. The highest BCUT2D eigenvalue weighted by Crippen LogP contribution is 2.12. The van der Waals surface area contributed by atoms with Crippen LogP contribution in [0, 0.1) is 0 Å². The van der Waals surface area contributed by atoms with Gasteiger partial charge in [-0.25, -0.2) is 4.84 Å².